The zero-order valence-corrected chi connectivity index (χ0v) is 17.8. The van der Waals surface area contributed by atoms with Crippen LogP contribution in [0.4, 0.5) is 0 Å². The van der Waals surface area contributed by atoms with E-state index in [9.17, 15) is 0 Å². The van der Waals surface area contributed by atoms with Crippen molar-refractivity contribution in [3.8, 4) is 5.75 Å². The van der Waals surface area contributed by atoms with E-state index in [0.717, 1.165) is 48.1 Å². The van der Waals surface area contributed by atoms with E-state index >= 15 is 0 Å². The Morgan fingerprint density at radius 2 is 2.21 bits per heavy atom. The number of thiazole rings is 1. The number of hydrogen-bond donors (Lipinski definition) is 2. The summed E-state index contributed by atoms with van der Waals surface area (Å²) in [7, 11) is 1.78. The average Bonchev–Trinajstić information content (AvgIpc) is 3.39. The Morgan fingerprint density at radius 3 is 2.93 bits per heavy atom. The standard InChI is InChI=1S/C21H30N4O2S/c1-4-18-12-23-20(28-18)13-25-21(22-3)24-11-16-8-7-15(2)10-19(16)27-14-17-6-5-9-26-17/h7-8,10,12,17H,4-6,9,11,13-14H2,1-3H3,(H2,22,24,25). The number of nitrogens with zero attached hydrogens (tertiary/aromatic N) is 2. The SMILES string of the molecule is CCc1cnc(CNC(=NC)NCc2ccc(C)cc2OCC2CCCO2)s1. The average molecular weight is 403 g/mol. The van der Waals surface area contributed by atoms with Gasteiger partial charge in [0.1, 0.15) is 17.4 Å². The highest BCUT2D eigenvalue weighted by Crippen LogP contribution is 2.22. The first-order chi connectivity index (χ1) is 13.7. The van der Waals surface area contributed by atoms with E-state index < -0.39 is 0 Å². The first kappa shape index (κ1) is 20.6. The molecule has 0 saturated carbocycles. The number of nitrogens with one attached hydrogen (secondary N) is 2. The third-order valence-electron chi connectivity index (χ3n) is 4.70. The van der Waals surface area contributed by atoms with Crippen molar-refractivity contribution in [2.75, 3.05) is 20.3 Å². The second-order valence-electron chi connectivity index (χ2n) is 6.91. The second kappa shape index (κ2) is 10.4. The quantitative estimate of drug-likeness (QED) is 0.523. The first-order valence-corrected chi connectivity index (χ1v) is 10.7. The Labute approximate surface area is 171 Å². The van der Waals surface area contributed by atoms with Crippen molar-refractivity contribution < 1.29 is 9.47 Å². The van der Waals surface area contributed by atoms with E-state index in [1.807, 2.05) is 6.20 Å². The summed E-state index contributed by atoms with van der Waals surface area (Å²) in [6.07, 6.45) is 5.38. The Bertz CT molecular complexity index is 784. The van der Waals surface area contributed by atoms with Crippen LogP contribution < -0.4 is 15.4 Å². The molecule has 6 nitrogen and oxygen atoms in total. The number of ether oxygens (including phenoxy) is 2. The van der Waals surface area contributed by atoms with Crippen molar-refractivity contribution in [1.29, 1.82) is 0 Å². The molecule has 0 aliphatic carbocycles. The van der Waals surface area contributed by atoms with Gasteiger partial charge in [-0.05, 0) is 37.8 Å². The van der Waals surface area contributed by atoms with Crippen LogP contribution in [0.2, 0.25) is 0 Å². The van der Waals surface area contributed by atoms with Gasteiger partial charge in [-0.15, -0.1) is 11.3 Å². The molecule has 0 radical (unpaired) electrons. The summed E-state index contributed by atoms with van der Waals surface area (Å²) < 4.78 is 11.7. The molecule has 1 aromatic carbocycles. The molecule has 0 spiro atoms. The zero-order valence-electron chi connectivity index (χ0n) is 17.0. The van der Waals surface area contributed by atoms with Crippen LogP contribution in [0.5, 0.6) is 5.75 Å². The lowest BCUT2D eigenvalue weighted by Crippen LogP contribution is -2.36. The zero-order chi connectivity index (χ0) is 19.8. The number of rotatable bonds is 8. The predicted octanol–water partition coefficient (Wildman–Crippen LogP) is 3.44. The summed E-state index contributed by atoms with van der Waals surface area (Å²) in [6, 6.07) is 6.30. The van der Waals surface area contributed by atoms with Crippen molar-refractivity contribution in [2.45, 2.75) is 52.3 Å². The highest BCUT2D eigenvalue weighted by atomic mass is 32.1. The van der Waals surface area contributed by atoms with Gasteiger partial charge in [-0.1, -0.05) is 19.1 Å². The molecule has 3 rings (SSSR count). The highest BCUT2D eigenvalue weighted by Gasteiger charge is 2.17. The van der Waals surface area contributed by atoms with Crippen LogP contribution in [0, 0.1) is 6.92 Å². The highest BCUT2D eigenvalue weighted by molar-refractivity contribution is 7.11. The Hall–Kier alpha value is -2.12. The van der Waals surface area contributed by atoms with Crippen molar-refractivity contribution in [3.63, 3.8) is 0 Å². The smallest absolute Gasteiger partial charge is 0.191 e. The van der Waals surface area contributed by atoms with Crippen molar-refractivity contribution in [3.05, 3.63) is 45.4 Å². The molecule has 1 saturated heterocycles. The second-order valence-corrected chi connectivity index (χ2v) is 8.11. The molecule has 152 valence electrons. The monoisotopic (exact) mass is 402 g/mol. The number of guanidine groups is 1. The molecule has 1 unspecified atom stereocenters. The van der Waals surface area contributed by atoms with Gasteiger partial charge >= 0.3 is 0 Å². The predicted molar refractivity (Wildman–Crippen MR) is 114 cm³/mol. The van der Waals surface area contributed by atoms with Gasteiger partial charge in [-0.2, -0.15) is 0 Å². The maximum Gasteiger partial charge on any atom is 0.191 e. The minimum Gasteiger partial charge on any atom is -0.491 e. The van der Waals surface area contributed by atoms with Gasteiger partial charge in [-0.3, -0.25) is 4.99 Å². The molecule has 0 bridgehead atoms. The lowest BCUT2D eigenvalue weighted by atomic mass is 10.1. The summed E-state index contributed by atoms with van der Waals surface area (Å²) in [5.74, 6) is 1.66. The van der Waals surface area contributed by atoms with Crippen LogP contribution in [0.3, 0.4) is 0 Å². The van der Waals surface area contributed by atoms with Crippen molar-refractivity contribution in [2.24, 2.45) is 4.99 Å². The number of aryl methyl sites for hydroxylation is 2. The van der Waals surface area contributed by atoms with Gasteiger partial charge in [0.2, 0.25) is 0 Å². The molecule has 1 atom stereocenters. The summed E-state index contributed by atoms with van der Waals surface area (Å²) >= 11 is 1.73. The fraction of sp³-hybridized carbons (Fsp3) is 0.524. The first-order valence-electron chi connectivity index (χ1n) is 9.90. The summed E-state index contributed by atoms with van der Waals surface area (Å²) in [5.41, 5.74) is 2.29. The fourth-order valence-electron chi connectivity index (χ4n) is 3.05. The minimum atomic E-state index is 0.210. The van der Waals surface area contributed by atoms with Crippen molar-refractivity contribution in [1.82, 2.24) is 15.6 Å². The van der Waals surface area contributed by atoms with Gasteiger partial charge in [0.25, 0.3) is 0 Å². The molecule has 1 fully saturated rings. The topological polar surface area (TPSA) is 67.8 Å². The fourth-order valence-corrected chi connectivity index (χ4v) is 3.85. The van der Waals surface area contributed by atoms with Gasteiger partial charge in [-0.25, -0.2) is 4.98 Å². The lowest BCUT2D eigenvalue weighted by Gasteiger charge is -2.17. The largest absolute Gasteiger partial charge is 0.491 e. The number of hydrogen-bond acceptors (Lipinski definition) is 5. The van der Waals surface area contributed by atoms with Crippen LogP contribution in [0.25, 0.3) is 0 Å². The Morgan fingerprint density at radius 1 is 1.36 bits per heavy atom. The van der Waals surface area contributed by atoms with E-state index in [1.165, 1.54) is 10.4 Å². The van der Waals surface area contributed by atoms with Crippen LogP contribution >= 0.6 is 11.3 Å². The molecular formula is C21H30N4O2S. The van der Waals surface area contributed by atoms with Gasteiger partial charge < -0.3 is 20.1 Å². The number of benzene rings is 1. The Balaban J connectivity index is 1.54. The summed E-state index contributed by atoms with van der Waals surface area (Å²) in [4.78, 5) is 10.0. The van der Waals surface area contributed by atoms with Gasteiger partial charge in [0, 0.05) is 36.8 Å². The van der Waals surface area contributed by atoms with E-state index in [1.54, 1.807) is 18.4 Å². The number of aliphatic imine (C=N–C) groups is 1. The molecule has 28 heavy (non-hydrogen) atoms. The van der Waals surface area contributed by atoms with Crippen LogP contribution in [-0.2, 0) is 24.2 Å². The van der Waals surface area contributed by atoms with E-state index in [4.69, 9.17) is 9.47 Å². The van der Waals surface area contributed by atoms with Crippen LogP contribution in [-0.4, -0.2) is 37.3 Å². The van der Waals surface area contributed by atoms with Crippen LogP contribution in [0.15, 0.2) is 29.4 Å². The molecule has 2 heterocycles. The summed E-state index contributed by atoms with van der Waals surface area (Å²) in [6.45, 7) is 6.98. The normalized spacial score (nSPS) is 17.0. The van der Waals surface area contributed by atoms with Crippen LogP contribution in [0.1, 0.15) is 40.8 Å². The van der Waals surface area contributed by atoms with Gasteiger partial charge in [0.05, 0.1) is 12.6 Å². The third-order valence-corrected chi connectivity index (χ3v) is 5.84. The summed E-state index contributed by atoms with van der Waals surface area (Å²) in [5, 5.41) is 7.76. The molecule has 2 N–H and O–H groups in total. The molecule has 1 aromatic heterocycles. The Kier molecular flexibility index (Phi) is 7.68. The molecular weight excluding hydrogens is 372 g/mol. The number of aromatic nitrogens is 1. The lowest BCUT2D eigenvalue weighted by molar-refractivity contribution is 0.0676. The third kappa shape index (κ3) is 5.94. The molecule has 0 amide bonds. The van der Waals surface area contributed by atoms with Gasteiger partial charge in [0.15, 0.2) is 5.96 Å². The molecule has 1 aliphatic rings. The molecule has 7 heteroatoms. The molecule has 1 aliphatic heterocycles. The van der Waals surface area contributed by atoms with E-state index in [0.29, 0.717) is 19.7 Å². The van der Waals surface area contributed by atoms with E-state index in [2.05, 4.69) is 52.7 Å². The molecule has 2 aromatic rings. The van der Waals surface area contributed by atoms with Crippen molar-refractivity contribution >= 4 is 17.3 Å². The maximum atomic E-state index is 6.08. The minimum absolute atomic E-state index is 0.210. The van der Waals surface area contributed by atoms with E-state index in [-0.39, 0.29) is 6.10 Å². The maximum absolute atomic E-state index is 6.08.